The lowest BCUT2D eigenvalue weighted by atomic mass is 9.90. The normalized spacial score (nSPS) is 12.6. The summed E-state index contributed by atoms with van der Waals surface area (Å²) in [6.07, 6.45) is 4.67. The van der Waals surface area contributed by atoms with Crippen molar-refractivity contribution >= 4 is 21.8 Å². The van der Waals surface area contributed by atoms with Gasteiger partial charge in [0.15, 0.2) is 0 Å². The molecule has 0 bridgehead atoms. The summed E-state index contributed by atoms with van der Waals surface area (Å²) in [6, 6.07) is 14.3. The maximum absolute atomic E-state index is 4.86. The predicted molar refractivity (Wildman–Crippen MR) is 83.1 cm³/mol. The van der Waals surface area contributed by atoms with Gasteiger partial charge in [-0.3, -0.25) is 4.98 Å². The number of fused-ring (bicyclic) bond motifs is 3. The quantitative estimate of drug-likeness (QED) is 0.430. The zero-order valence-corrected chi connectivity index (χ0v) is 11.2. The average molecular weight is 269 g/mol. The lowest BCUT2D eigenvalue weighted by molar-refractivity contribution is 1.06. The van der Waals surface area contributed by atoms with Crippen molar-refractivity contribution in [2.24, 2.45) is 0 Å². The number of aromatic nitrogens is 3. The van der Waals surface area contributed by atoms with Gasteiger partial charge in [-0.2, -0.15) is 0 Å². The number of nitrogens with zero attached hydrogens (tertiary/aromatic N) is 3. The number of pyridine rings is 1. The van der Waals surface area contributed by atoms with Gasteiger partial charge < -0.3 is 0 Å². The Morgan fingerprint density at radius 1 is 0.810 bits per heavy atom. The van der Waals surface area contributed by atoms with Gasteiger partial charge in [-0.05, 0) is 23.1 Å². The van der Waals surface area contributed by atoms with Crippen molar-refractivity contribution in [2.75, 3.05) is 0 Å². The molecule has 0 amide bonds. The summed E-state index contributed by atoms with van der Waals surface area (Å²) in [5.41, 5.74) is 6.37. The van der Waals surface area contributed by atoms with Crippen LogP contribution in [0, 0.1) is 0 Å². The number of benzene rings is 2. The third kappa shape index (κ3) is 1.46. The molecule has 0 N–H and O–H groups in total. The van der Waals surface area contributed by atoms with E-state index >= 15 is 0 Å². The van der Waals surface area contributed by atoms with Gasteiger partial charge in [0.2, 0.25) is 0 Å². The van der Waals surface area contributed by atoms with Crippen LogP contribution >= 0.6 is 0 Å². The first-order valence-corrected chi connectivity index (χ1v) is 7.02. The standard InChI is InChI=1S/C18H11N3/c1-2-7-15-14(6-1)20-16-8-12-10-19-9-11-4-3-5-13(17(11)12)18(16)21-15/h1-7,9-10H,8H2. The Balaban J connectivity index is 1.95. The molecule has 21 heavy (non-hydrogen) atoms. The van der Waals surface area contributed by atoms with Gasteiger partial charge >= 0.3 is 0 Å². The summed E-state index contributed by atoms with van der Waals surface area (Å²) in [4.78, 5) is 14.0. The molecule has 0 saturated carbocycles. The minimum Gasteiger partial charge on any atom is -0.264 e. The van der Waals surface area contributed by atoms with Gasteiger partial charge in [0.05, 0.1) is 22.4 Å². The summed E-state index contributed by atoms with van der Waals surface area (Å²) in [7, 11) is 0. The summed E-state index contributed by atoms with van der Waals surface area (Å²) in [6.45, 7) is 0. The molecule has 0 unspecified atom stereocenters. The van der Waals surface area contributed by atoms with Crippen molar-refractivity contribution in [1.29, 1.82) is 0 Å². The molecule has 2 aromatic heterocycles. The summed E-state index contributed by atoms with van der Waals surface area (Å²) >= 11 is 0. The molecule has 0 atom stereocenters. The Morgan fingerprint density at radius 3 is 2.57 bits per heavy atom. The monoisotopic (exact) mass is 269 g/mol. The number of hydrogen-bond acceptors (Lipinski definition) is 3. The van der Waals surface area contributed by atoms with Crippen molar-refractivity contribution < 1.29 is 0 Å². The van der Waals surface area contributed by atoms with Crippen LogP contribution in [0.3, 0.4) is 0 Å². The van der Waals surface area contributed by atoms with Crippen LogP contribution in [0.15, 0.2) is 54.9 Å². The van der Waals surface area contributed by atoms with Gasteiger partial charge in [0.1, 0.15) is 0 Å². The van der Waals surface area contributed by atoms with E-state index in [1.165, 1.54) is 21.9 Å². The highest BCUT2D eigenvalue weighted by molar-refractivity contribution is 6.00. The molecule has 0 aliphatic heterocycles. The van der Waals surface area contributed by atoms with Crippen LogP contribution < -0.4 is 0 Å². The maximum atomic E-state index is 4.86. The fourth-order valence-electron chi connectivity index (χ4n) is 3.20. The molecule has 0 saturated heterocycles. The highest BCUT2D eigenvalue weighted by Gasteiger charge is 2.21. The molecule has 98 valence electrons. The van der Waals surface area contributed by atoms with E-state index in [1.807, 2.05) is 36.7 Å². The van der Waals surface area contributed by atoms with Gasteiger partial charge in [-0.25, -0.2) is 9.97 Å². The van der Waals surface area contributed by atoms with E-state index in [4.69, 9.17) is 9.97 Å². The first-order chi connectivity index (χ1) is 10.4. The molecule has 1 aliphatic carbocycles. The van der Waals surface area contributed by atoms with Gasteiger partial charge in [0.25, 0.3) is 0 Å². The van der Waals surface area contributed by atoms with E-state index in [0.29, 0.717) is 0 Å². The van der Waals surface area contributed by atoms with E-state index < -0.39 is 0 Å². The molecular weight excluding hydrogens is 258 g/mol. The third-order valence-electron chi connectivity index (χ3n) is 4.12. The van der Waals surface area contributed by atoms with Crippen LogP contribution in [0.2, 0.25) is 0 Å². The van der Waals surface area contributed by atoms with Crippen LogP contribution in [-0.4, -0.2) is 15.0 Å². The summed E-state index contributed by atoms with van der Waals surface area (Å²) < 4.78 is 0. The highest BCUT2D eigenvalue weighted by atomic mass is 14.8. The van der Waals surface area contributed by atoms with E-state index in [9.17, 15) is 0 Å². The molecule has 0 spiro atoms. The Labute approximate surface area is 121 Å². The van der Waals surface area contributed by atoms with Gasteiger partial charge in [-0.15, -0.1) is 0 Å². The van der Waals surface area contributed by atoms with E-state index in [0.717, 1.165) is 28.8 Å². The van der Waals surface area contributed by atoms with Crippen molar-refractivity contribution in [3.8, 4) is 11.3 Å². The predicted octanol–water partition coefficient (Wildman–Crippen LogP) is 3.75. The Hall–Kier alpha value is -2.81. The average Bonchev–Trinajstić information content (AvgIpc) is 2.54. The smallest absolute Gasteiger partial charge is 0.0934 e. The van der Waals surface area contributed by atoms with Crippen LogP contribution in [0.4, 0.5) is 0 Å². The van der Waals surface area contributed by atoms with E-state index in [2.05, 4.69) is 23.2 Å². The summed E-state index contributed by atoms with van der Waals surface area (Å²) in [5.74, 6) is 0. The fourth-order valence-corrected chi connectivity index (χ4v) is 3.20. The molecule has 2 aromatic carbocycles. The van der Waals surface area contributed by atoms with Crippen molar-refractivity contribution in [3.05, 3.63) is 66.1 Å². The Kier molecular flexibility index (Phi) is 2.00. The van der Waals surface area contributed by atoms with Crippen LogP contribution in [0.25, 0.3) is 33.1 Å². The molecule has 5 rings (SSSR count). The molecule has 1 aliphatic rings. The first-order valence-electron chi connectivity index (χ1n) is 7.02. The topological polar surface area (TPSA) is 38.7 Å². The van der Waals surface area contributed by atoms with Crippen LogP contribution in [-0.2, 0) is 6.42 Å². The number of hydrogen-bond donors (Lipinski definition) is 0. The minimum atomic E-state index is 0.800. The first kappa shape index (κ1) is 10.9. The van der Waals surface area contributed by atoms with E-state index in [-0.39, 0.29) is 0 Å². The Bertz CT molecular complexity index is 1020. The number of para-hydroxylation sites is 2. The van der Waals surface area contributed by atoms with Gasteiger partial charge in [0, 0.05) is 29.8 Å². The third-order valence-corrected chi connectivity index (χ3v) is 4.12. The number of rotatable bonds is 0. The lowest BCUT2D eigenvalue weighted by Gasteiger charge is -2.19. The molecule has 4 aromatic rings. The molecule has 0 radical (unpaired) electrons. The van der Waals surface area contributed by atoms with Crippen molar-refractivity contribution in [1.82, 2.24) is 15.0 Å². The minimum absolute atomic E-state index is 0.800. The zero-order chi connectivity index (χ0) is 13.8. The molecule has 2 heterocycles. The second-order valence-corrected chi connectivity index (χ2v) is 5.39. The Morgan fingerprint density at radius 2 is 1.67 bits per heavy atom. The van der Waals surface area contributed by atoms with Gasteiger partial charge in [-0.1, -0.05) is 30.3 Å². The molecular formula is C18H11N3. The molecule has 3 nitrogen and oxygen atoms in total. The van der Waals surface area contributed by atoms with Crippen molar-refractivity contribution in [2.45, 2.75) is 6.42 Å². The second kappa shape index (κ2) is 3.85. The fraction of sp³-hybridized carbons (Fsp3) is 0.0556. The van der Waals surface area contributed by atoms with E-state index in [1.54, 1.807) is 0 Å². The van der Waals surface area contributed by atoms with Crippen LogP contribution in [0.1, 0.15) is 11.3 Å². The maximum Gasteiger partial charge on any atom is 0.0934 e. The second-order valence-electron chi connectivity index (χ2n) is 5.39. The molecule has 0 fully saturated rings. The molecule has 3 heteroatoms. The largest absolute Gasteiger partial charge is 0.264 e. The lowest BCUT2D eigenvalue weighted by Crippen LogP contribution is -2.06. The zero-order valence-electron chi connectivity index (χ0n) is 11.2. The summed E-state index contributed by atoms with van der Waals surface area (Å²) in [5, 5.41) is 2.44. The highest BCUT2D eigenvalue weighted by Crippen LogP contribution is 2.37. The van der Waals surface area contributed by atoms with Crippen molar-refractivity contribution in [3.63, 3.8) is 0 Å². The SMILES string of the molecule is c1cc2c3c(cncc3c1)Cc1nc3ccccc3nc1-2. The van der Waals surface area contributed by atoms with Crippen LogP contribution in [0.5, 0.6) is 0 Å².